The molecule has 0 amide bonds. The fraction of sp³-hybridized carbons (Fsp3) is 0.265. The van der Waals surface area contributed by atoms with Crippen LogP contribution < -0.4 is 4.74 Å². The third kappa shape index (κ3) is 5.93. The Labute approximate surface area is 269 Å². The van der Waals surface area contributed by atoms with Gasteiger partial charge in [-0.3, -0.25) is 4.79 Å². The number of aryl methyl sites for hydroxylation is 1. The normalized spacial score (nSPS) is 23.0. The standard InChI is InChI=1S/C34H33ClN2O6S2/c1-23-11-17-29(18-12-23)45(41,42)37-32(25-7-6-8-26(35)19-25)21-34(38)30-22-36(44(39,40)28-9-4-3-5-10-28)31(20-33(30)37)24-13-15-27(43-2)16-14-24/h3-19,30-33H,20-22H2,1-2H3/t30-,31?,32+,33+/m1/s1. The van der Waals surface area contributed by atoms with Crippen LogP contribution in [0.3, 0.4) is 0 Å². The number of benzene rings is 4. The van der Waals surface area contributed by atoms with E-state index < -0.39 is 44.1 Å². The number of hydrogen-bond donors (Lipinski definition) is 0. The Hall–Kier alpha value is -3.54. The van der Waals surface area contributed by atoms with Crippen LogP contribution in [0.15, 0.2) is 113 Å². The van der Waals surface area contributed by atoms with Crippen LogP contribution in [-0.2, 0) is 24.8 Å². The van der Waals surface area contributed by atoms with Crippen molar-refractivity contribution in [3.63, 3.8) is 0 Å². The van der Waals surface area contributed by atoms with Crippen molar-refractivity contribution >= 4 is 37.4 Å². The van der Waals surface area contributed by atoms with Crippen molar-refractivity contribution in [3.05, 3.63) is 125 Å². The third-order valence-corrected chi connectivity index (χ3v) is 12.8. The number of ketones is 1. The third-order valence-electron chi connectivity index (χ3n) is 8.78. The highest BCUT2D eigenvalue weighted by Gasteiger charge is 2.54. The number of piperidine rings is 2. The van der Waals surface area contributed by atoms with E-state index in [-0.39, 0.29) is 35.0 Å². The number of rotatable bonds is 7. The van der Waals surface area contributed by atoms with Crippen LogP contribution in [0.2, 0.25) is 5.02 Å². The number of hydrogen-bond acceptors (Lipinski definition) is 6. The summed E-state index contributed by atoms with van der Waals surface area (Å²) in [5.41, 5.74) is 2.18. The van der Waals surface area contributed by atoms with Crippen LogP contribution in [0, 0.1) is 12.8 Å². The smallest absolute Gasteiger partial charge is 0.243 e. The van der Waals surface area contributed by atoms with E-state index in [0.29, 0.717) is 21.9 Å². The van der Waals surface area contributed by atoms with Crippen LogP contribution in [-0.4, -0.2) is 50.9 Å². The van der Waals surface area contributed by atoms with Gasteiger partial charge in [0.1, 0.15) is 11.5 Å². The second-order valence-electron chi connectivity index (χ2n) is 11.5. The Kier molecular flexibility index (Phi) is 8.62. The van der Waals surface area contributed by atoms with Crippen molar-refractivity contribution in [2.75, 3.05) is 13.7 Å². The van der Waals surface area contributed by atoms with Gasteiger partial charge in [-0.1, -0.05) is 71.8 Å². The Morgan fingerprint density at radius 3 is 2.07 bits per heavy atom. The second-order valence-corrected chi connectivity index (χ2v) is 15.6. The van der Waals surface area contributed by atoms with Crippen LogP contribution in [0.25, 0.3) is 0 Å². The van der Waals surface area contributed by atoms with Crippen molar-refractivity contribution in [1.29, 1.82) is 0 Å². The summed E-state index contributed by atoms with van der Waals surface area (Å²) < 4.78 is 65.7. The molecular weight excluding hydrogens is 632 g/mol. The monoisotopic (exact) mass is 664 g/mol. The molecule has 2 heterocycles. The Bertz CT molecular complexity index is 1920. The minimum absolute atomic E-state index is 0.0664. The Balaban J connectivity index is 1.51. The number of ether oxygens (including phenoxy) is 1. The molecule has 2 aliphatic heterocycles. The van der Waals surface area contributed by atoms with Crippen LogP contribution in [0.5, 0.6) is 5.75 Å². The molecule has 45 heavy (non-hydrogen) atoms. The summed E-state index contributed by atoms with van der Waals surface area (Å²) in [6.45, 7) is 1.71. The van der Waals surface area contributed by atoms with Gasteiger partial charge in [0.05, 0.1) is 29.0 Å². The Morgan fingerprint density at radius 1 is 0.756 bits per heavy atom. The number of nitrogens with zero attached hydrogens (tertiary/aromatic N) is 2. The first-order valence-corrected chi connectivity index (χ1v) is 17.9. The summed E-state index contributed by atoms with van der Waals surface area (Å²) >= 11 is 6.35. The zero-order valence-corrected chi connectivity index (χ0v) is 27.2. The first-order valence-electron chi connectivity index (χ1n) is 14.6. The predicted octanol–water partition coefficient (Wildman–Crippen LogP) is 6.18. The number of fused-ring (bicyclic) bond motifs is 1. The van der Waals surface area contributed by atoms with Gasteiger partial charge in [-0.15, -0.1) is 0 Å². The van der Waals surface area contributed by atoms with E-state index in [9.17, 15) is 21.6 Å². The van der Waals surface area contributed by atoms with E-state index in [1.54, 1.807) is 98.1 Å². The molecule has 2 saturated heterocycles. The van der Waals surface area contributed by atoms with E-state index in [1.165, 1.54) is 20.7 Å². The van der Waals surface area contributed by atoms with Crippen molar-refractivity contribution in [3.8, 4) is 5.75 Å². The number of halogens is 1. The highest BCUT2D eigenvalue weighted by atomic mass is 35.5. The maximum absolute atomic E-state index is 14.6. The molecule has 0 aliphatic carbocycles. The lowest BCUT2D eigenvalue weighted by molar-refractivity contribution is -0.132. The maximum Gasteiger partial charge on any atom is 0.243 e. The lowest BCUT2D eigenvalue weighted by atomic mass is 9.77. The van der Waals surface area contributed by atoms with Crippen LogP contribution in [0.4, 0.5) is 0 Å². The fourth-order valence-electron chi connectivity index (χ4n) is 6.49. The molecule has 0 bridgehead atoms. The number of sulfonamides is 2. The first kappa shape index (κ1) is 31.4. The minimum Gasteiger partial charge on any atom is -0.497 e. The molecule has 8 nitrogen and oxygen atoms in total. The highest BCUT2D eigenvalue weighted by Crippen LogP contribution is 2.48. The molecule has 4 atom stereocenters. The molecular formula is C34H33ClN2O6S2. The van der Waals surface area contributed by atoms with E-state index >= 15 is 0 Å². The summed E-state index contributed by atoms with van der Waals surface area (Å²) in [7, 11) is -6.67. The molecule has 1 unspecified atom stereocenters. The van der Waals surface area contributed by atoms with Crippen LogP contribution in [0.1, 0.15) is 41.6 Å². The molecule has 0 aromatic heterocycles. The predicted molar refractivity (Wildman–Crippen MR) is 172 cm³/mol. The van der Waals surface area contributed by atoms with Gasteiger partial charge in [-0.25, -0.2) is 16.8 Å². The van der Waals surface area contributed by atoms with Crippen molar-refractivity contribution in [2.45, 2.75) is 47.7 Å². The summed E-state index contributed by atoms with van der Waals surface area (Å²) in [5, 5.41) is 0.426. The number of carbonyl (C=O) groups excluding carboxylic acids is 1. The molecule has 2 fully saturated rings. The molecule has 4 aromatic carbocycles. The number of carbonyl (C=O) groups is 1. The number of Topliss-reactive ketones (excluding diaryl/α,β-unsaturated/α-hetero) is 1. The van der Waals surface area contributed by atoms with Crippen molar-refractivity contribution in [2.24, 2.45) is 5.92 Å². The second kappa shape index (κ2) is 12.3. The van der Waals surface area contributed by atoms with E-state index in [1.807, 2.05) is 6.92 Å². The molecule has 0 spiro atoms. The average molecular weight is 665 g/mol. The van der Waals surface area contributed by atoms with Crippen molar-refractivity contribution in [1.82, 2.24) is 8.61 Å². The molecule has 6 rings (SSSR count). The van der Waals surface area contributed by atoms with Crippen LogP contribution >= 0.6 is 11.6 Å². The average Bonchev–Trinajstić information content (AvgIpc) is 3.04. The van der Waals surface area contributed by atoms with Gasteiger partial charge in [0.25, 0.3) is 0 Å². The van der Waals surface area contributed by atoms with Gasteiger partial charge >= 0.3 is 0 Å². The van der Waals surface area contributed by atoms with Gasteiger partial charge in [0.15, 0.2) is 0 Å². The maximum atomic E-state index is 14.6. The zero-order chi connectivity index (χ0) is 31.9. The largest absolute Gasteiger partial charge is 0.497 e. The first-order chi connectivity index (χ1) is 21.5. The van der Waals surface area contributed by atoms with Gasteiger partial charge < -0.3 is 4.74 Å². The molecule has 0 N–H and O–H groups in total. The number of methoxy groups -OCH3 is 1. The fourth-order valence-corrected chi connectivity index (χ4v) is 10.2. The quantitative estimate of drug-likeness (QED) is 0.234. The molecule has 2 aliphatic rings. The van der Waals surface area contributed by atoms with E-state index in [0.717, 1.165) is 5.56 Å². The molecule has 4 aromatic rings. The summed E-state index contributed by atoms with van der Waals surface area (Å²) in [6.07, 6.45) is -0.0457. The van der Waals surface area contributed by atoms with E-state index in [4.69, 9.17) is 16.3 Å². The summed E-state index contributed by atoms with van der Waals surface area (Å²) in [4.78, 5) is 14.2. The topological polar surface area (TPSA) is 101 Å². The molecule has 234 valence electrons. The minimum atomic E-state index is -4.15. The van der Waals surface area contributed by atoms with Gasteiger partial charge in [0, 0.05) is 29.9 Å². The molecule has 0 saturated carbocycles. The molecule has 11 heteroatoms. The summed E-state index contributed by atoms with van der Waals surface area (Å²) in [6, 6.07) is 26.3. The van der Waals surface area contributed by atoms with E-state index in [2.05, 4.69) is 0 Å². The lowest BCUT2D eigenvalue weighted by Crippen LogP contribution is -2.60. The van der Waals surface area contributed by atoms with Crippen molar-refractivity contribution < 1.29 is 26.4 Å². The SMILES string of the molecule is COc1ccc(C2C[C@H]3[C@@H](CN2S(=O)(=O)c2ccccc2)C(=O)C[C@@H](c2cccc(Cl)c2)N3S(=O)(=O)c2ccc(C)cc2)cc1. The van der Waals surface area contributed by atoms with Gasteiger partial charge in [-0.05, 0) is 73.0 Å². The van der Waals surface area contributed by atoms with Gasteiger partial charge in [-0.2, -0.15) is 8.61 Å². The molecule has 0 radical (unpaired) electrons. The Morgan fingerprint density at radius 2 is 1.42 bits per heavy atom. The summed E-state index contributed by atoms with van der Waals surface area (Å²) in [5.74, 6) is -0.474. The van der Waals surface area contributed by atoms with Gasteiger partial charge in [0.2, 0.25) is 20.0 Å². The highest BCUT2D eigenvalue weighted by molar-refractivity contribution is 7.89. The lowest BCUT2D eigenvalue weighted by Gasteiger charge is -2.51. The zero-order valence-electron chi connectivity index (χ0n) is 24.8.